The van der Waals surface area contributed by atoms with Crippen LogP contribution in [0.5, 0.6) is 5.75 Å². The maximum Gasteiger partial charge on any atom is 0.408 e. The van der Waals surface area contributed by atoms with Gasteiger partial charge in [0.1, 0.15) is 30.6 Å². The summed E-state index contributed by atoms with van der Waals surface area (Å²) in [5.74, 6) is -0.605. The number of hydrogen-bond acceptors (Lipinski definition) is 6. The molecule has 0 fully saturated rings. The van der Waals surface area contributed by atoms with Gasteiger partial charge in [0, 0.05) is 6.42 Å². The van der Waals surface area contributed by atoms with E-state index in [1.54, 1.807) is 57.2 Å². The fourth-order valence-corrected chi connectivity index (χ4v) is 2.70. The number of nitrogens with one attached hydrogen (secondary N) is 2. The quantitative estimate of drug-likeness (QED) is 0.466. The van der Waals surface area contributed by atoms with Crippen LogP contribution >= 0.6 is 0 Å². The molecule has 2 aromatic rings. The average Bonchev–Trinajstić information content (AvgIpc) is 2.75. The van der Waals surface area contributed by atoms with Crippen molar-refractivity contribution in [2.24, 2.45) is 0 Å². The van der Waals surface area contributed by atoms with Gasteiger partial charge in [0.2, 0.25) is 0 Å². The van der Waals surface area contributed by atoms with Gasteiger partial charge in [-0.1, -0.05) is 42.5 Å². The summed E-state index contributed by atoms with van der Waals surface area (Å²) in [7, 11) is 0. The first-order valence-corrected chi connectivity index (χ1v) is 10.5. The van der Waals surface area contributed by atoms with Crippen molar-refractivity contribution in [3.63, 3.8) is 0 Å². The lowest BCUT2D eigenvalue weighted by atomic mass is 10.1. The van der Waals surface area contributed by atoms with Crippen molar-refractivity contribution in [3.05, 3.63) is 65.7 Å². The van der Waals surface area contributed by atoms with Gasteiger partial charge in [-0.2, -0.15) is 0 Å². The summed E-state index contributed by atoms with van der Waals surface area (Å²) in [4.78, 5) is 35.1. The second kappa shape index (κ2) is 12.3. The fourth-order valence-electron chi connectivity index (χ4n) is 2.70. The number of benzene rings is 2. The lowest BCUT2D eigenvalue weighted by Crippen LogP contribution is -2.42. The van der Waals surface area contributed by atoms with Crippen LogP contribution in [-0.2, 0) is 27.3 Å². The molecular formula is C24H30N2O7. The maximum absolute atomic E-state index is 12.0. The Balaban J connectivity index is 1.76. The summed E-state index contributed by atoms with van der Waals surface area (Å²) in [6.45, 7) is 5.90. The molecule has 0 aliphatic heterocycles. The van der Waals surface area contributed by atoms with Crippen molar-refractivity contribution in [2.75, 3.05) is 13.2 Å². The van der Waals surface area contributed by atoms with Crippen LogP contribution in [0.4, 0.5) is 9.59 Å². The van der Waals surface area contributed by atoms with Crippen LogP contribution in [0.2, 0.25) is 0 Å². The Morgan fingerprint density at radius 2 is 1.61 bits per heavy atom. The van der Waals surface area contributed by atoms with Gasteiger partial charge in [-0.25, -0.2) is 14.4 Å². The van der Waals surface area contributed by atoms with Crippen LogP contribution in [0.1, 0.15) is 31.9 Å². The standard InChI is InChI=1S/C24H30N2O7/c1-24(2,3)33-22(29)25-13-14-31-19-11-9-17(10-12-19)15-20(21(27)28)26-23(30)32-16-18-7-5-4-6-8-18/h4-12,20H,13-16H2,1-3H3,(H,25,29)(H,26,30)(H,27,28)/t20-/m0/s1. The fraction of sp³-hybridized carbons (Fsp3) is 0.375. The van der Waals surface area contributed by atoms with Crippen LogP contribution < -0.4 is 15.4 Å². The minimum absolute atomic E-state index is 0.0494. The summed E-state index contributed by atoms with van der Waals surface area (Å²) in [6, 6.07) is 14.8. The van der Waals surface area contributed by atoms with Crippen molar-refractivity contribution in [2.45, 2.75) is 45.4 Å². The first-order chi connectivity index (χ1) is 15.6. The Hall–Kier alpha value is -3.75. The van der Waals surface area contributed by atoms with Crippen molar-refractivity contribution < 1.29 is 33.7 Å². The van der Waals surface area contributed by atoms with E-state index in [2.05, 4.69) is 10.6 Å². The molecule has 0 heterocycles. The highest BCUT2D eigenvalue weighted by atomic mass is 16.6. The van der Waals surface area contributed by atoms with Crippen LogP contribution in [0, 0.1) is 0 Å². The van der Waals surface area contributed by atoms with Crippen molar-refractivity contribution >= 4 is 18.2 Å². The Morgan fingerprint density at radius 1 is 0.939 bits per heavy atom. The minimum Gasteiger partial charge on any atom is -0.492 e. The third-order valence-corrected chi connectivity index (χ3v) is 4.21. The van der Waals surface area contributed by atoms with Gasteiger partial charge in [-0.3, -0.25) is 0 Å². The number of ether oxygens (including phenoxy) is 3. The zero-order valence-corrected chi connectivity index (χ0v) is 19.0. The van der Waals surface area contributed by atoms with Gasteiger partial charge in [-0.05, 0) is 44.0 Å². The third-order valence-electron chi connectivity index (χ3n) is 4.21. The number of carboxylic acid groups (broad SMARTS) is 1. The lowest BCUT2D eigenvalue weighted by Gasteiger charge is -2.19. The smallest absolute Gasteiger partial charge is 0.408 e. The molecule has 9 heteroatoms. The monoisotopic (exact) mass is 458 g/mol. The molecule has 0 saturated heterocycles. The normalized spacial score (nSPS) is 11.7. The van der Waals surface area contributed by atoms with Crippen LogP contribution in [0.15, 0.2) is 54.6 Å². The van der Waals surface area contributed by atoms with Gasteiger partial charge in [-0.15, -0.1) is 0 Å². The van der Waals surface area contributed by atoms with Crippen LogP contribution in [0.3, 0.4) is 0 Å². The van der Waals surface area contributed by atoms with E-state index in [1.165, 1.54) is 0 Å². The maximum atomic E-state index is 12.0. The molecule has 2 amide bonds. The number of aliphatic carboxylic acids is 1. The van der Waals surface area contributed by atoms with E-state index >= 15 is 0 Å². The SMILES string of the molecule is CC(C)(C)OC(=O)NCCOc1ccc(C[C@H](NC(=O)OCc2ccccc2)C(=O)O)cc1. The summed E-state index contributed by atoms with van der Waals surface area (Å²) >= 11 is 0. The van der Waals surface area contributed by atoms with Crippen molar-refractivity contribution in [1.29, 1.82) is 0 Å². The number of amides is 2. The van der Waals surface area contributed by atoms with E-state index in [4.69, 9.17) is 14.2 Å². The molecule has 0 radical (unpaired) electrons. The highest BCUT2D eigenvalue weighted by Crippen LogP contribution is 2.14. The Morgan fingerprint density at radius 3 is 2.21 bits per heavy atom. The molecule has 2 rings (SSSR count). The Bertz CT molecular complexity index is 909. The Kier molecular flexibility index (Phi) is 9.53. The molecule has 9 nitrogen and oxygen atoms in total. The zero-order chi connectivity index (χ0) is 24.3. The largest absolute Gasteiger partial charge is 0.492 e. The first-order valence-electron chi connectivity index (χ1n) is 10.5. The van der Waals surface area contributed by atoms with E-state index in [1.807, 2.05) is 18.2 Å². The molecule has 0 unspecified atom stereocenters. The van der Waals surface area contributed by atoms with Gasteiger partial charge >= 0.3 is 18.2 Å². The summed E-state index contributed by atoms with van der Waals surface area (Å²) in [5, 5.41) is 14.4. The van der Waals surface area contributed by atoms with Gasteiger partial charge in [0.05, 0.1) is 6.54 Å². The molecule has 0 aromatic heterocycles. The van der Waals surface area contributed by atoms with E-state index in [0.29, 0.717) is 11.3 Å². The summed E-state index contributed by atoms with van der Waals surface area (Å²) < 4.78 is 15.8. The molecule has 0 spiro atoms. The predicted molar refractivity (Wildman–Crippen MR) is 121 cm³/mol. The molecule has 3 N–H and O–H groups in total. The third kappa shape index (κ3) is 10.4. The molecule has 2 aromatic carbocycles. The van der Waals surface area contributed by atoms with E-state index in [0.717, 1.165) is 5.56 Å². The van der Waals surface area contributed by atoms with Crippen LogP contribution in [0.25, 0.3) is 0 Å². The minimum atomic E-state index is -1.17. The van der Waals surface area contributed by atoms with Crippen LogP contribution in [-0.4, -0.2) is 48.1 Å². The lowest BCUT2D eigenvalue weighted by molar-refractivity contribution is -0.139. The summed E-state index contributed by atoms with van der Waals surface area (Å²) in [6.07, 6.45) is -1.24. The number of alkyl carbamates (subject to hydrolysis) is 2. The molecule has 0 aliphatic carbocycles. The molecular weight excluding hydrogens is 428 g/mol. The van der Waals surface area contributed by atoms with Gasteiger partial charge in [0.25, 0.3) is 0 Å². The van der Waals surface area contributed by atoms with Gasteiger partial charge < -0.3 is 30.0 Å². The predicted octanol–water partition coefficient (Wildman–Crippen LogP) is 3.51. The molecule has 1 atom stereocenters. The second-order valence-corrected chi connectivity index (χ2v) is 8.22. The Labute approximate surface area is 193 Å². The van der Waals surface area contributed by atoms with Gasteiger partial charge in [0.15, 0.2) is 0 Å². The molecule has 178 valence electrons. The first kappa shape index (κ1) is 25.5. The molecule has 0 saturated carbocycles. The van der Waals surface area contributed by atoms with E-state index in [9.17, 15) is 19.5 Å². The number of rotatable bonds is 10. The van der Waals surface area contributed by atoms with E-state index < -0.39 is 29.8 Å². The molecule has 0 bridgehead atoms. The highest BCUT2D eigenvalue weighted by Gasteiger charge is 2.21. The number of carbonyl (C=O) groups excluding carboxylic acids is 2. The average molecular weight is 459 g/mol. The topological polar surface area (TPSA) is 123 Å². The van der Waals surface area contributed by atoms with Crippen molar-refractivity contribution in [1.82, 2.24) is 10.6 Å². The number of carboxylic acids is 1. The zero-order valence-electron chi connectivity index (χ0n) is 19.0. The number of carbonyl (C=O) groups is 3. The molecule has 33 heavy (non-hydrogen) atoms. The van der Waals surface area contributed by atoms with E-state index in [-0.39, 0.29) is 26.2 Å². The molecule has 0 aliphatic rings. The van der Waals surface area contributed by atoms with Crippen molar-refractivity contribution in [3.8, 4) is 5.75 Å². The second-order valence-electron chi connectivity index (χ2n) is 8.22. The highest BCUT2D eigenvalue weighted by molar-refractivity contribution is 5.80. The number of hydrogen-bond donors (Lipinski definition) is 3. The summed E-state index contributed by atoms with van der Waals surface area (Å²) in [5.41, 5.74) is 0.934.